The van der Waals surface area contributed by atoms with Crippen LogP contribution in [0.1, 0.15) is 46.5 Å². The van der Waals surface area contributed by atoms with E-state index in [1.165, 1.54) is 4.90 Å². The molecule has 1 spiro atoms. The quantitative estimate of drug-likeness (QED) is 0.490. The average Bonchev–Trinajstić information content (AvgIpc) is 3.09. The number of cyclic esters (lactones) is 1. The summed E-state index contributed by atoms with van der Waals surface area (Å²) < 4.78 is 12.2. The molecule has 0 radical (unpaired) electrons. The van der Waals surface area contributed by atoms with Gasteiger partial charge in [0.15, 0.2) is 0 Å². The van der Waals surface area contributed by atoms with Crippen molar-refractivity contribution in [2.45, 2.75) is 69.7 Å². The number of aliphatic hydroxyl groups is 1. The first kappa shape index (κ1) is 23.0. The van der Waals surface area contributed by atoms with Gasteiger partial charge in [-0.05, 0) is 26.2 Å². The molecule has 32 heavy (non-hydrogen) atoms. The van der Waals surface area contributed by atoms with E-state index in [-0.39, 0.29) is 37.6 Å². The van der Waals surface area contributed by atoms with E-state index < -0.39 is 35.0 Å². The highest BCUT2D eigenvalue weighted by molar-refractivity contribution is 5.99. The Morgan fingerprint density at radius 1 is 1.16 bits per heavy atom. The summed E-state index contributed by atoms with van der Waals surface area (Å²) in [5, 5.41) is 9.69. The van der Waals surface area contributed by atoms with Crippen molar-refractivity contribution in [3.63, 3.8) is 0 Å². The fraction of sp³-hybridized carbons (Fsp3) is 0.708. The van der Waals surface area contributed by atoms with Crippen molar-refractivity contribution in [3.05, 3.63) is 24.3 Å². The molecule has 4 aliphatic heterocycles. The molecule has 2 amide bonds. The molecule has 8 nitrogen and oxygen atoms in total. The Hall–Kier alpha value is -2.19. The molecule has 1 N–H and O–H groups in total. The summed E-state index contributed by atoms with van der Waals surface area (Å²) >= 11 is 0. The van der Waals surface area contributed by atoms with Crippen LogP contribution in [0.4, 0.5) is 0 Å². The lowest BCUT2D eigenvalue weighted by molar-refractivity contribution is -0.162. The van der Waals surface area contributed by atoms with Gasteiger partial charge in [-0.25, -0.2) is 0 Å². The van der Waals surface area contributed by atoms with E-state index in [1.54, 1.807) is 4.90 Å². The molecule has 2 fully saturated rings. The summed E-state index contributed by atoms with van der Waals surface area (Å²) in [6.45, 7) is 6.41. The van der Waals surface area contributed by atoms with Crippen molar-refractivity contribution in [1.29, 1.82) is 0 Å². The molecule has 2 unspecified atom stereocenters. The number of rotatable bonds is 6. The predicted molar refractivity (Wildman–Crippen MR) is 116 cm³/mol. The van der Waals surface area contributed by atoms with Crippen molar-refractivity contribution < 1.29 is 29.0 Å². The first-order chi connectivity index (χ1) is 15.4. The fourth-order valence-electron chi connectivity index (χ4n) is 6.06. The average molecular weight is 447 g/mol. The second kappa shape index (κ2) is 8.63. The number of esters is 1. The number of carbonyl (C=O) groups excluding carboxylic acids is 3. The van der Waals surface area contributed by atoms with Crippen LogP contribution in [0.15, 0.2) is 24.3 Å². The van der Waals surface area contributed by atoms with E-state index in [9.17, 15) is 19.5 Å². The molecular weight excluding hydrogens is 412 g/mol. The van der Waals surface area contributed by atoms with Crippen LogP contribution in [0, 0.1) is 11.8 Å². The smallest absolute Gasteiger partial charge is 0.313 e. The van der Waals surface area contributed by atoms with Gasteiger partial charge < -0.3 is 24.4 Å². The Kier molecular flexibility index (Phi) is 6.20. The van der Waals surface area contributed by atoms with Gasteiger partial charge in [-0.1, -0.05) is 44.6 Å². The predicted octanol–water partition coefficient (Wildman–Crippen LogP) is 1.43. The van der Waals surface area contributed by atoms with Gasteiger partial charge in [0.05, 0.1) is 19.1 Å². The lowest BCUT2D eigenvalue weighted by Gasteiger charge is -2.39. The summed E-state index contributed by atoms with van der Waals surface area (Å²) in [5.74, 6) is -2.72. The van der Waals surface area contributed by atoms with E-state index in [4.69, 9.17) is 9.47 Å². The molecule has 176 valence electrons. The van der Waals surface area contributed by atoms with Gasteiger partial charge in [-0.3, -0.25) is 14.4 Å². The number of likely N-dealkylation sites (tertiary alicyclic amines) is 1. The van der Waals surface area contributed by atoms with E-state index >= 15 is 0 Å². The number of aliphatic hydroxyl groups excluding tert-OH is 1. The van der Waals surface area contributed by atoms with E-state index in [0.29, 0.717) is 19.4 Å². The van der Waals surface area contributed by atoms with Crippen molar-refractivity contribution >= 4 is 17.8 Å². The summed E-state index contributed by atoms with van der Waals surface area (Å²) in [6, 6.07) is -0.930. The van der Waals surface area contributed by atoms with Crippen LogP contribution in [0.3, 0.4) is 0 Å². The number of hydrogen-bond acceptors (Lipinski definition) is 6. The maximum atomic E-state index is 13.9. The van der Waals surface area contributed by atoms with Gasteiger partial charge in [0.25, 0.3) is 0 Å². The van der Waals surface area contributed by atoms with Crippen molar-refractivity contribution in [3.8, 4) is 0 Å². The zero-order valence-corrected chi connectivity index (χ0v) is 19.2. The monoisotopic (exact) mass is 446 g/mol. The highest BCUT2D eigenvalue weighted by Crippen LogP contribution is 2.58. The van der Waals surface area contributed by atoms with Gasteiger partial charge in [-0.15, -0.1) is 0 Å². The van der Waals surface area contributed by atoms with Gasteiger partial charge in [0.1, 0.15) is 23.2 Å². The van der Waals surface area contributed by atoms with Crippen LogP contribution in [0.25, 0.3) is 0 Å². The molecule has 4 aliphatic rings. The molecule has 4 rings (SSSR count). The molecule has 0 aromatic heterocycles. The highest BCUT2D eigenvalue weighted by atomic mass is 16.6. The summed E-state index contributed by atoms with van der Waals surface area (Å²) in [6.07, 6.45) is 10.4. The van der Waals surface area contributed by atoms with Crippen LogP contribution in [0.2, 0.25) is 0 Å². The Balaban J connectivity index is 1.86. The minimum atomic E-state index is -1.28. The summed E-state index contributed by atoms with van der Waals surface area (Å²) in [7, 11) is 0. The lowest BCUT2D eigenvalue weighted by atomic mass is 9.73. The van der Waals surface area contributed by atoms with Crippen LogP contribution >= 0.6 is 0 Å². The third-order valence-electron chi connectivity index (χ3n) is 7.51. The number of nitrogens with zero attached hydrogens (tertiary/aromatic N) is 2. The van der Waals surface area contributed by atoms with E-state index in [1.807, 2.05) is 38.2 Å². The molecule has 8 heteroatoms. The second-order valence-electron chi connectivity index (χ2n) is 9.27. The molecule has 6 atom stereocenters. The van der Waals surface area contributed by atoms with Crippen LogP contribution < -0.4 is 0 Å². The van der Waals surface area contributed by atoms with E-state index in [0.717, 1.165) is 12.8 Å². The third-order valence-corrected chi connectivity index (χ3v) is 7.51. The van der Waals surface area contributed by atoms with Gasteiger partial charge in [0, 0.05) is 19.1 Å². The Morgan fingerprint density at radius 2 is 1.94 bits per heavy atom. The topological polar surface area (TPSA) is 96.4 Å². The molecular formula is C24H34N2O6. The number of fused-ring (bicyclic) bond motifs is 2. The van der Waals surface area contributed by atoms with Gasteiger partial charge in [0.2, 0.25) is 11.8 Å². The maximum Gasteiger partial charge on any atom is 0.313 e. The molecule has 4 heterocycles. The third kappa shape index (κ3) is 3.22. The summed E-state index contributed by atoms with van der Waals surface area (Å²) in [4.78, 5) is 44.1. The Bertz CT molecular complexity index is 840. The Labute approximate surface area is 189 Å². The van der Waals surface area contributed by atoms with E-state index in [2.05, 4.69) is 6.92 Å². The number of carbonyl (C=O) groups is 3. The second-order valence-corrected chi connectivity index (χ2v) is 9.27. The summed E-state index contributed by atoms with van der Waals surface area (Å²) in [5.41, 5.74) is -2.30. The molecule has 2 saturated heterocycles. The highest BCUT2D eigenvalue weighted by Gasteiger charge is 2.75. The number of amides is 2. The zero-order chi connectivity index (χ0) is 23.1. The number of ether oxygens (including phenoxy) is 2. The van der Waals surface area contributed by atoms with Gasteiger partial charge in [-0.2, -0.15) is 0 Å². The minimum Gasteiger partial charge on any atom is -0.465 e. The first-order valence-electron chi connectivity index (χ1n) is 11.8. The fourth-order valence-corrected chi connectivity index (χ4v) is 6.06. The van der Waals surface area contributed by atoms with Crippen molar-refractivity contribution in [2.75, 3.05) is 26.3 Å². The van der Waals surface area contributed by atoms with Crippen LogP contribution in [0.5, 0.6) is 0 Å². The zero-order valence-electron chi connectivity index (χ0n) is 19.2. The van der Waals surface area contributed by atoms with Crippen molar-refractivity contribution in [2.24, 2.45) is 11.8 Å². The molecule has 0 aliphatic carbocycles. The minimum absolute atomic E-state index is 0.00231. The van der Waals surface area contributed by atoms with Crippen LogP contribution in [-0.2, 0) is 23.9 Å². The largest absolute Gasteiger partial charge is 0.465 e. The lowest BCUT2D eigenvalue weighted by Crippen LogP contribution is -2.57. The molecule has 0 saturated carbocycles. The maximum absolute atomic E-state index is 13.9. The molecule has 0 aromatic carbocycles. The normalized spacial score (nSPS) is 37.4. The molecule has 0 bridgehead atoms. The number of hydrogen-bond donors (Lipinski definition) is 1. The molecule has 0 aromatic rings. The van der Waals surface area contributed by atoms with Crippen molar-refractivity contribution in [1.82, 2.24) is 9.80 Å². The first-order valence-corrected chi connectivity index (χ1v) is 11.8. The number of β-amino-alcohol motifs (C(OH)–C–C–N with tert-alkyl or cyclic N) is 1. The van der Waals surface area contributed by atoms with Crippen LogP contribution in [-0.4, -0.2) is 82.3 Å². The standard InChI is InChI=1S/C24H34N2O6/c1-4-9-16(3)25-12-8-11-24-17(20(28)26(13-14-27)19(24)21(25)29)18-22(30)31-15-7-6-10-23(18,5-2)32-24/h6,8,10-11,16-19,27H,4-5,7,9,12-15H2,1-3H3/t16?,17-,18+,19?,23-,24-/m0/s1. The van der Waals surface area contributed by atoms with Gasteiger partial charge >= 0.3 is 5.97 Å². The SMILES string of the molecule is CCCC(C)N1CC=C[C@]23O[C@@]4(CC)C=CCCOC(=O)[C@H]4[C@H]2C(=O)N(CCO)C3C1=O. The Morgan fingerprint density at radius 3 is 2.62 bits per heavy atom.